The predicted molar refractivity (Wildman–Crippen MR) is 52.0 cm³/mol. The van der Waals surface area contributed by atoms with Gasteiger partial charge in [0.2, 0.25) is 0 Å². The van der Waals surface area contributed by atoms with Crippen molar-refractivity contribution in [2.75, 3.05) is 11.9 Å². The Morgan fingerprint density at radius 3 is 2.93 bits per heavy atom. The van der Waals surface area contributed by atoms with Gasteiger partial charge in [0.15, 0.2) is 0 Å². The molecule has 0 aliphatic heterocycles. The first-order valence-corrected chi connectivity index (χ1v) is 4.02. The number of carboxylic acid groups (broad SMARTS) is 1. The van der Waals surface area contributed by atoms with E-state index < -0.39 is 11.8 Å². The van der Waals surface area contributed by atoms with E-state index in [1.165, 1.54) is 6.07 Å². The number of halogens is 1. The van der Waals surface area contributed by atoms with Gasteiger partial charge in [-0.2, -0.15) is 0 Å². The number of carbonyl (C=O) groups is 1. The van der Waals surface area contributed by atoms with Gasteiger partial charge in [0.1, 0.15) is 5.82 Å². The molecule has 0 fully saturated rings. The van der Waals surface area contributed by atoms with Gasteiger partial charge in [0.25, 0.3) is 0 Å². The van der Waals surface area contributed by atoms with Gasteiger partial charge in [-0.05, 0) is 18.2 Å². The molecular weight excluding hydrogens is 185 g/mol. The second kappa shape index (κ2) is 4.41. The molecule has 3 nitrogen and oxygen atoms in total. The Hall–Kier alpha value is -1.84. The molecule has 74 valence electrons. The van der Waals surface area contributed by atoms with E-state index in [0.29, 0.717) is 6.54 Å². The maximum Gasteiger partial charge on any atom is 0.337 e. The summed E-state index contributed by atoms with van der Waals surface area (Å²) in [4.78, 5) is 10.7. The predicted octanol–water partition coefficient (Wildman–Crippen LogP) is 2.12. The van der Waals surface area contributed by atoms with Crippen molar-refractivity contribution in [3.05, 3.63) is 42.2 Å². The molecule has 0 saturated carbocycles. The Morgan fingerprint density at radius 2 is 2.36 bits per heavy atom. The molecule has 0 saturated heterocycles. The van der Waals surface area contributed by atoms with E-state index in [4.69, 9.17) is 5.11 Å². The summed E-state index contributed by atoms with van der Waals surface area (Å²) < 4.78 is 12.8. The average molecular weight is 195 g/mol. The molecule has 0 aliphatic carbocycles. The van der Waals surface area contributed by atoms with Crippen LogP contribution in [0, 0.1) is 5.82 Å². The van der Waals surface area contributed by atoms with Crippen LogP contribution in [0.3, 0.4) is 0 Å². The number of nitrogens with one attached hydrogen (secondary N) is 1. The second-order valence-electron chi connectivity index (χ2n) is 2.66. The van der Waals surface area contributed by atoms with Gasteiger partial charge < -0.3 is 10.4 Å². The minimum atomic E-state index is -1.09. The molecule has 0 atom stereocenters. The normalized spacial score (nSPS) is 9.50. The highest BCUT2D eigenvalue weighted by Gasteiger charge is 2.09. The zero-order chi connectivity index (χ0) is 10.6. The van der Waals surface area contributed by atoms with Gasteiger partial charge in [-0.3, -0.25) is 0 Å². The number of hydrogen-bond donors (Lipinski definition) is 2. The van der Waals surface area contributed by atoms with Gasteiger partial charge in [-0.25, -0.2) is 9.18 Å². The molecule has 0 unspecified atom stereocenters. The van der Waals surface area contributed by atoms with Crippen molar-refractivity contribution in [2.24, 2.45) is 0 Å². The summed E-state index contributed by atoms with van der Waals surface area (Å²) in [5.74, 6) is -1.56. The van der Waals surface area contributed by atoms with Crippen LogP contribution in [0.4, 0.5) is 10.1 Å². The van der Waals surface area contributed by atoms with Crippen molar-refractivity contribution in [2.45, 2.75) is 0 Å². The maximum absolute atomic E-state index is 12.8. The lowest BCUT2D eigenvalue weighted by Gasteiger charge is -2.06. The van der Waals surface area contributed by atoms with E-state index in [2.05, 4.69) is 11.9 Å². The van der Waals surface area contributed by atoms with Crippen molar-refractivity contribution in [1.29, 1.82) is 0 Å². The van der Waals surface area contributed by atoms with Crippen LogP contribution in [0.1, 0.15) is 10.4 Å². The summed E-state index contributed by atoms with van der Waals surface area (Å²) in [5.41, 5.74) is 0.311. The number of anilines is 1. The van der Waals surface area contributed by atoms with Crippen LogP contribution in [-0.4, -0.2) is 17.6 Å². The van der Waals surface area contributed by atoms with Crippen LogP contribution >= 0.6 is 0 Å². The highest BCUT2D eigenvalue weighted by molar-refractivity contribution is 5.94. The van der Waals surface area contributed by atoms with E-state index in [-0.39, 0.29) is 11.3 Å². The molecule has 4 heteroatoms. The molecule has 0 spiro atoms. The van der Waals surface area contributed by atoms with Crippen LogP contribution in [0.15, 0.2) is 30.9 Å². The van der Waals surface area contributed by atoms with Crippen molar-refractivity contribution < 1.29 is 14.3 Å². The molecule has 0 heterocycles. The Bertz CT molecular complexity index is 363. The van der Waals surface area contributed by atoms with Gasteiger partial charge in [0.05, 0.1) is 11.3 Å². The Labute approximate surface area is 80.9 Å². The summed E-state index contributed by atoms with van der Waals surface area (Å²) >= 11 is 0. The van der Waals surface area contributed by atoms with Crippen molar-refractivity contribution >= 4 is 11.7 Å². The first-order valence-electron chi connectivity index (χ1n) is 4.02. The molecule has 1 rings (SSSR count). The summed E-state index contributed by atoms with van der Waals surface area (Å²) in [6.07, 6.45) is 1.57. The Kier molecular flexibility index (Phi) is 3.23. The minimum Gasteiger partial charge on any atom is -0.478 e. The third-order valence-electron chi connectivity index (χ3n) is 1.65. The third kappa shape index (κ3) is 2.32. The van der Waals surface area contributed by atoms with Crippen LogP contribution in [-0.2, 0) is 0 Å². The molecule has 0 radical (unpaired) electrons. The van der Waals surface area contributed by atoms with Gasteiger partial charge >= 0.3 is 5.97 Å². The largest absolute Gasteiger partial charge is 0.478 e. The van der Waals surface area contributed by atoms with E-state index >= 15 is 0 Å². The Balaban J connectivity index is 3.02. The van der Waals surface area contributed by atoms with Crippen molar-refractivity contribution in [1.82, 2.24) is 0 Å². The van der Waals surface area contributed by atoms with Crippen molar-refractivity contribution in [3.8, 4) is 0 Å². The van der Waals surface area contributed by atoms with Crippen LogP contribution < -0.4 is 5.32 Å². The zero-order valence-electron chi connectivity index (χ0n) is 7.46. The molecule has 0 aliphatic rings. The van der Waals surface area contributed by atoms with E-state index in [1.54, 1.807) is 6.08 Å². The molecule has 0 amide bonds. The summed E-state index contributed by atoms with van der Waals surface area (Å²) in [6.45, 7) is 3.86. The Morgan fingerprint density at radius 1 is 1.64 bits per heavy atom. The van der Waals surface area contributed by atoms with Crippen LogP contribution in [0.2, 0.25) is 0 Å². The molecule has 0 bridgehead atoms. The standard InChI is InChI=1S/C10H10FNO2/c1-2-5-12-9-6-7(11)3-4-8(9)10(13)14/h2-4,6,12H,1,5H2,(H,13,14). The zero-order valence-corrected chi connectivity index (χ0v) is 7.46. The topological polar surface area (TPSA) is 49.3 Å². The van der Waals surface area contributed by atoms with Gasteiger partial charge in [0, 0.05) is 6.54 Å². The van der Waals surface area contributed by atoms with Crippen LogP contribution in [0.5, 0.6) is 0 Å². The van der Waals surface area contributed by atoms with Crippen LogP contribution in [0.25, 0.3) is 0 Å². The fourth-order valence-electron chi connectivity index (χ4n) is 1.03. The molecule has 1 aromatic rings. The van der Waals surface area contributed by atoms with E-state index in [9.17, 15) is 9.18 Å². The number of aromatic carboxylic acids is 1. The second-order valence-corrected chi connectivity index (χ2v) is 2.66. The lowest BCUT2D eigenvalue weighted by atomic mass is 10.1. The molecule has 0 aromatic heterocycles. The summed E-state index contributed by atoms with van der Waals surface area (Å²) in [5, 5.41) is 11.5. The molecular formula is C10H10FNO2. The quantitative estimate of drug-likeness (QED) is 0.723. The van der Waals surface area contributed by atoms with E-state index in [0.717, 1.165) is 12.1 Å². The molecule has 14 heavy (non-hydrogen) atoms. The first kappa shape index (κ1) is 10.2. The fraction of sp³-hybridized carbons (Fsp3) is 0.100. The maximum atomic E-state index is 12.8. The van der Waals surface area contributed by atoms with E-state index in [1.807, 2.05) is 0 Å². The monoisotopic (exact) mass is 195 g/mol. The number of hydrogen-bond acceptors (Lipinski definition) is 2. The third-order valence-corrected chi connectivity index (χ3v) is 1.65. The lowest BCUT2D eigenvalue weighted by molar-refractivity contribution is 0.0698. The van der Waals surface area contributed by atoms with Gasteiger partial charge in [-0.1, -0.05) is 6.08 Å². The first-order chi connectivity index (χ1) is 6.65. The summed E-state index contributed by atoms with van der Waals surface area (Å²) in [6, 6.07) is 3.48. The smallest absolute Gasteiger partial charge is 0.337 e. The minimum absolute atomic E-state index is 0.0493. The average Bonchev–Trinajstić information content (AvgIpc) is 2.14. The highest BCUT2D eigenvalue weighted by Crippen LogP contribution is 2.16. The highest BCUT2D eigenvalue weighted by atomic mass is 19.1. The summed E-state index contributed by atoms with van der Waals surface area (Å²) in [7, 11) is 0. The van der Waals surface area contributed by atoms with Crippen molar-refractivity contribution in [3.63, 3.8) is 0 Å². The van der Waals surface area contributed by atoms with Gasteiger partial charge in [-0.15, -0.1) is 6.58 Å². The molecule has 1 aromatic carbocycles. The lowest BCUT2D eigenvalue weighted by Crippen LogP contribution is -2.06. The number of benzene rings is 1. The number of rotatable bonds is 4. The number of carboxylic acids is 1. The fourth-order valence-corrected chi connectivity index (χ4v) is 1.03. The SMILES string of the molecule is C=CCNc1cc(F)ccc1C(=O)O. The molecule has 2 N–H and O–H groups in total.